The molecule has 180 valence electrons. The van der Waals surface area contributed by atoms with Crippen molar-refractivity contribution < 1.29 is 14.3 Å². The van der Waals surface area contributed by atoms with Crippen LogP contribution in [-0.2, 0) is 9.53 Å². The van der Waals surface area contributed by atoms with E-state index in [1.807, 2.05) is 34.2 Å². The molecule has 8 nitrogen and oxygen atoms in total. The van der Waals surface area contributed by atoms with Crippen LogP contribution >= 0.6 is 0 Å². The SMILES string of the molecule is O=C(CN1CCOCC1)N1CCC(c2ccc(NC(=O)N3CC(c4cccnc4)C3)cc2)CC1. The quantitative estimate of drug-likeness (QED) is 0.738. The molecule has 2 aromatic rings. The van der Waals surface area contributed by atoms with E-state index in [9.17, 15) is 9.59 Å². The van der Waals surface area contributed by atoms with Crippen LogP contribution in [0.2, 0.25) is 0 Å². The van der Waals surface area contributed by atoms with Crippen molar-refractivity contribution >= 4 is 17.6 Å². The van der Waals surface area contributed by atoms with Crippen LogP contribution in [0.15, 0.2) is 48.8 Å². The number of ether oxygens (including phenoxy) is 1. The molecule has 4 heterocycles. The van der Waals surface area contributed by atoms with Crippen molar-refractivity contribution in [2.24, 2.45) is 0 Å². The van der Waals surface area contributed by atoms with Gasteiger partial charge in [-0.3, -0.25) is 14.7 Å². The number of hydrogen-bond donors (Lipinski definition) is 1. The van der Waals surface area contributed by atoms with Crippen LogP contribution in [0.5, 0.6) is 0 Å². The Hall–Kier alpha value is -2.97. The van der Waals surface area contributed by atoms with E-state index in [1.54, 1.807) is 6.20 Å². The summed E-state index contributed by atoms with van der Waals surface area (Å²) in [4.78, 5) is 35.4. The van der Waals surface area contributed by atoms with Crippen LogP contribution in [0.25, 0.3) is 0 Å². The summed E-state index contributed by atoms with van der Waals surface area (Å²) >= 11 is 0. The number of urea groups is 1. The number of likely N-dealkylation sites (tertiary alicyclic amines) is 2. The molecule has 34 heavy (non-hydrogen) atoms. The van der Waals surface area contributed by atoms with Gasteiger partial charge >= 0.3 is 6.03 Å². The minimum Gasteiger partial charge on any atom is -0.379 e. The van der Waals surface area contributed by atoms with E-state index in [2.05, 4.69) is 33.4 Å². The Morgan fingerprint density at radius 2 is 1.65 bits per heavy atom. The normalized spacial score (nSPS) is 20.1. The number of aromatic nitrogens is 1. The zero-order valence-corrected chi connectivity index (χ0v) is 19.6. The van der Waals surface area contributed by atoms with Gasteiger partial charge in [-0.1, -0.05) is 18.2 Å². The zero-order valence-electron chi connectivity index (χ0n) is 19.6. The number of benzene rings is 1. The number of amides is 3. The van der Waals surface area contributed by atoms with Crippen molar-refractivity contribution in [2.75, 3.05) is 64.3 Å². The summed E-state index contributed by atoms with van der Waals surface area (Å²) in [5.41, 5.74) is 3.28. The third-order valence-electron chi connectivity index (χ3n) is 7.27. The number of carbonyl (C=O) groups excluding carboxylic acids is 2. The first-order valence-electron chi connectivity index (χ1n) is 12.3. The van der Waals surface area contributed by atoms with E-state index >= 15 is 0 Å². The fourth-order valence-corrected chi connectivity index (χ4v) is 5.03. The maximum Gasteiger partial charge on any atom is 0.321 e. The van der Waals surface area contributed by atoms with Gasteiger partial charge in [0.15, 0.2) is 0 Å². The average Bonchev–Trinajstić information content (AvgIpc) is 2.85. The molecule has 0 bridgehead atoms. The zero-order chi connectivity index (χ0) is 23.3. The smallest absolute Gasteiger partial charge is 0.321 e. The largest absolute Gasteiger partial charge is 0.379 e. The van der Waals surface area contributed by atoms with E-state index in [-0.39, 0.29) is 11.9 Å². The van der Waals surface area contributed by atoms with Crippen molar-refractivity contribution in [1.29, 1.82) is 0 Å². The Morgan fingerprint density at radius 1 is 0.912 bits per heavy atom. The molecular formula is C26H33N5O3. The van der Waals surface area contributed by atoms with Crippen molar-refractivity contribution in [2.45, 2.75) is 24.7 Å². The molecule has 3 aliphatic heterocycles. The summed E-state index contributed by atoms with van der Waals surface area (Å²) in [5.74, 6) is 1.05. The molecule has 1 N–H and O–H groups in total. The predicted octanol–water partition coefficient (Wildman–Crippen LogP) is 2.75. The van der Waals surface area contributed by atoms with E-state index in [0.29, 0.717) is 18.4 Å². The first-order valence-corrected chi connectivity index (χ1v) is 12.3. The number of carbonyl (C=O) groups is 2. The molecule has 0 aliphatic carbocycles. The van der Waals surface area contributed by atoms with Crippen LogP contribution in [0.3, 0.4) is 0 Å². The number of rotatable bonds is 5. The van der Waals surface area contributed by atoms with Crippen LogP contribution in [0, 0.1) is 0 Å². The third kappa shape index (κ3) is 5.39. The lowest BCUT2D eigenvalue weighted by Crippen LogP contribution is -2.50. The lowest BCUT2D eigenvalue weighted by Gasteiger charge is -2.39. The number of piperidine rings is 1. The van der Waals surface area contributed by atoms with Gasteiger partial charge in [-0.05, 0) is 48.1 Å². The molecule has 3 amide bonds. The Bertz CT molecular complexity index is 964. The standard InChI is InChI=1S/C26H33N5O3/c32-25(19-29-12-14-34-15-13-29)30-10-7-21(8-11-30)20-3-5-24(6-4-20)28-26(33)31-17-23(18-31)22-2-1-9-27-16-22/h1-6,9,16,21,23H,7-8,10-15,17-19H2,(H,28,33). The molecule has 0 unspecified atom stereocenters. The molecule has 3 saturated heterocycles. The molecule has 3 fully saturated rings. The van der Waals surface area contributed by atoms with Crippen molar-refractivity contribution in [3.8, 4) is 0 Å². The predicted molar refractivity (Wildman–Crippen MR) is 130 cm³/mol. The van der Waals surface area contributed by atoms with Crippen molar-refractivity contribution in [3.05, 3.63) is 59.9 Å². The molecule has 1 aromatic heterocycles. The lowest BCUT2D eigenvalue weighted by atomic mass is 9.89. The number of morpholine rings is 1. The lowest BCUT2D eigenvalue weighted by molar-refractivity contribution is -0.134. The highest BCUT2D eigenvalue weighted by atomic mass is 16.5. The highest BCUT2D eigenvalue weighted by Gasteiger charge is 2.32. The van der Waals surface area contributed by atoms with Crippen molar-refractivity contribution in [3.63, 3.8) is 0 Å². The van der Waals surface area contributed by atoms with E-state index in [1.165, 1.54) is 11.1 Å². The van der Waals surface area contributed by atoms with Crippen LogP contribution in [0.4, 0.5) is 10.5 Å². The van der Waals surface area contributed by atoms with E-state index in [0.717, 1.165) is 71.0 Å². The third-order valence-corrected chi connectivity index (χ3v) is 7.27. The van der Waals surface area contributed by atoms with Gasteiger partial charge in [0, 0.05) is 63.3 Å². The van der Waals surface area contributed by atoms with Crippen LogP contribution in [0.1, 0.15) is 35.8 Å². The Kier molecular flexibility index (Phi) is 7.06. The number of nitrogens with one attached hydrogen (secondary N) is 1. The monoisotopic (exact) mass is 463 g/mol. The first kappa shape index (κ1) is 22.8. The molecule has 1 aromatic carbocycles. The highest BCUT2D eigenvalue weighted by Crippen LogP contribution is 2.30. The van der Waals surface area contributed by atoms with Gasteiger partial charge in [0.2, 0.25) is 5.91 Å². The summed E-state index contributed by atoms with van der Waals surface area (Å²) in [6, 6.07) is 12.1. The fraction of sp³-hybridized carbons (Fsp3) is 0.500. The Balaban J connectivity index is 1.06. The topological polar surface area (TPSA) is 78.0 Å². The van der Waals surface area contributed by atoms with Crippen LogP contribution in [-0.4, -0.2) is 90.6 Å². The summed E-state index contributed by atoms with van der Waals surface area (Å²) in [6.45, 7) is 6.67. The van der Waals surface area contributed by atoms with E-state index < -0.39 is 0 Å². The Labute approximate surface area is 200 Å². The first-order chi connectivity index (χ1) is 16.7. The van der Waals surface area contributed by atoms with Crippen LogP contribution < -0.4 is 5.32 Å². The van der Waals surface area contributed by atoms with Gasteiger partial charge in [-0.2, -0.15) is 0 Å². The molecule has 0 atom stereocenters. The van der Waals surface area contributed by atoms with Gasteiger partial charge in [-0.25, -0.2) is 4.79 Å². The molecule has 0 spiro atoms. The summed E-state index contributed by atoms with van der Waals surface area (Å²) in [6.07, 6.45) is 5.60. The summed E-state index contributed by atoms with van der Waals surface area (Å²) in [7, 11) is 0. The van der Waals surface area contributed by atoms with Gasteiger partial charge in [0.05, 0.1) is 19.8 Å². The molecule has 0 saturated carbocycles. The van der Waals surface area contributed by atoms with Gasteiger partial charge in [0.1, 0.15) is 0 Å². The number of pyridine rings is 1. The molecule has 3 aliphatic rings. The maximum absolute atomic E-state index is 12.6. The molecule has 8 heteroatoms. The molecular weight excluding hydrogens is 430 g/mol. The second-order valence-electron chi connectivity index (χ2n) is 9.48. The van der Waals surface area contributed by atoms with Crippen molar-refractivity contribution in [1.82, 2.24) is 19.7 Å². The molecule has 0 radical (unpaired) electrons. The van der Waals surface area contributed by atoms with Gasteiger partial charge in [-0.15, -0.1) is 0 Å². The second-order valence-corrected chi connectivity index (χ2v) is 9.48. The Morgan fingerprint density at radius 3 is 2.32 bits per heavy atom. The summed E-state index contributed by atoms with van der Waals surface area (Å²) < 4.78 is 5.37. The average molecular weight is 464 g/mol. The van der Waals surface area contributed by atoms with Gasteiger partial charge in [0.25, 0.3) is 0 Å². The number of hydrogen-bond acceptors (Lipinski definition) is 5. The number of nitrogens with zero attached hydrogens (tertiary/aromatic N) is 4. The highest BCUT2D eigenvalue weighted by molar-refractivity contribution is 5.90. The van der Waals surface area contributed by atoms with Gasteiger partial charge < -0.3 is 19.9 Å². The fourth-order valence-electron chi connectivity index (χ4n) is 5.03. The summed E-state index contributed by atoms with van der Waals surface area (Å²) in [5, 5.41) is 3.01. The number of anilines is 1. The molecule has 5 rings (SSSR count). The minimum absolute atomic E-state index is 0.0556. The maximum atomic E-state index is 12.6. The van der Waals surface area contributed by atoms with E-state index in [4.69, 9.17) is 4.74 Å². The minimum atomic E-state index is -0.0556. The second kappa shape index (κ2) is 10.5.